The number of nitrogens with zero attached hydrogens (tertiary/aromatic N) is 4. The van der Waals surface area contributed by atoms with Crippen molar-refractivity contribution in [1.82, 2.24) is 19.8 Å². The third-order valence-electron chi connectivity index (χ3n) is 10.8. The van der Waals surface area contributed by atoms with Crippen LogP contribution >= 0.6 is 22.7 Å². The van der Waals surface area contributed by atoms with Crippen LogP contribution in [0.5, 0.6) is 0 Å². The van der Waals surface area contributed by atoms with Gasteiger partial charge in [-0.2, -0.15) is 0 Å². The van der Waals surface area contributed by atoms with Gasteiger partial charge in [0.05, 0.1) is 38.5 Å². The van der Waals surface area contributed by atoms with Gasteiger partial charge < -0.3 is 19.3 Å². The van der Waals surface area contributed by atoms with Gasteiger partial charge in [-0.3, -0.25) is 14.4 Å². The van der Waals surface area contributed by atoms with Crippen LogP contribution in [0.1, 0.15) is 81.0 Å². The summed E-state index contributed by atoms with van der Waals surface area (Å²) in [5.41, 5.74) is 6.19. The predicted molar refractivity (Wildman–Crippen MR) is 219 cm³/mol. The molecule has 2 aliphatic heterocycles. The lowest BCUT2D eigenvalue weighted by atomic mass is 9.83. The Morgan fingerprint density at radius 2 is 0.982 bits per heavy atom. The maximum Gasteiger partial charge on any atom is 0.274 e. The lowest BCUT2D eigenvalue weighted by Gasteiger charge is -2.35. The molecule has 2 aromatic heterocycles. The molecule has 4 aromatic carbocycles. The van der Waals surface area contributed by atoms with Crippen molar-refractivity contribution in [2.75, 3.05) is 39.5 Å². The van der Waals surface area contributed by atoms with E-state index in [1.165, 1.54) is 22.7 Å². The van der Waals surface area contributed by atoms with E-state index in [0.717, 1.165) is 33.4 Å². The zero-order valence-electron chi connectivity index (χ0n) is 31.2. The van der Waals surface area contributed by atoms with Crippen LogP contribution in [0, 0.1) is 0 Å². The zero-order valence-corrected chi connectivity index (χ0v) is 32.9. The van der Waals surface area contributed by atoms with Crippen molar-refractivity contribution in [2.24, 2.45) is 0 Å². The number of ether oxygens (including phenoxy) is 2. The van der Waals surface area contributed by atoms with Crippen molar-refractivity contribution in [2.45, 2.75) is 37.8 Å². The largest absolute Gasteiger partial charge is 0.377 e. The summed E-state index contributed by atoms with van der Waals surface area (Å²) in [5, 5.41) is 5.00. The second-order valence-electron chi connectivity index (χ2n) is 14.1. The molecular formula is C45H42N4O5S2. The Balaban J connectivity index is 1.01. The summed E-state index contributed by atoms with van der Waals surface area (Å²) in [6.45, 7) is 6.64. The van der Waals surface area contributed by atoms with Crippen LogP contribution in [-0.2, 0) is 14.3 Å². The van der Waals surface area contributed by atoms with E-state index < -0.39 is 11.8 Å². The molecule has 0 bridgehead atoms. The molecule has 2 saturated heterocycles. The van der Waals surface area contributed by atoms with E-state index in [2.05, 4.69) is 0 Å². The summed E-state index contributed by atoms with van der Waals surface area (Å²) in [7, 11) is 0. The highest BCUT2D eigenvalue weighted by atomic mass is 32.1. The fraction of sp³-hybridized carbons (Fsp3) is 0.267. The highest BCUT2D eigenvalue weighted by Gasteiger charge is 2.33. The molecule has 2 fully saturated rings. The molecule has 8 rings (SSSR count). The van der Waals surface area contributed by atoms with Crippen molar-refractivity contribution in [3.05, 3.63) is 154 Å². The molecule has 0 spiro atoms. The molecule has 0 aliphatic carbocycles. The Bertz CT molecular complexity index is 2170. The molecule has 0 saturated carbocycles. The van der Waals surface area contributed by atoms with E-state index in [0.29, 0.717) is 60.9 Å². The standard InChI is InChI=1S/C45H42N4O5S2/c1-29(33-17-9-11-19-35(33)42-46-37(27-55-42)44(51)48-21-23-53-25-39(48)31-13-5-3-6-14-31)41(50)30(2)34-18-10-12-20-36(34)43-47-38(28-56-43)45(52)49-22-24-54-26-40(49)32-15-7-4-8-16-32/h3-20,27-30,39-40H,21-26H2,1-2H3. The van der Waals surface area contributed by atoms with E-state index in [1.807, 2.05) is 144 Å². The molecule has 0 N–H and O–H groups in total. The average molecular weight is 783 g/mol. The van der Waals surface area contributed by atoms with Crippen LogP contribution in [0.4, 0.5) is 0 Å². The lowest BCUT2D eigenvalue weighted by molar-refractivity contribution is -0.121. The Labute approximate surface area is 334 Å². The molecule has 6 aromatic rings. The van der Waals surface area contributed by atoms with Gasteiger partial charge in [0.2, 0.25) is 0 Å². The number of Topliss-reactive ketones (excluding diaryl/α,β-unsaturated/α-hetero) is 1. The van der Waals surface area contributed by atoms with Crippen molar-refractivity contribution in [3.63, 3.8) is 0 Å². The van der Waals surface area contributed by atoms with Crippen LogP contribution in [0.2, 0.25) is 0 Å². The number of morpholine rings is 2. The minimum atomic E-state index is -0.469. The first kappa shape index (κ1) is 37.6. The lowest BCUT2D eigenvalue weighted by Crippen LogP contribution is -2.43. The normalized spacial score (nSPS) is 18.3. The van der Waals surface area contributed by atoms with Crippen molar-refractivity contribution in [3.8, 4) is 21.1 Å². The third-order valence-corrected chi connectivity index (χ3v) is 12.5. The quantitative estimate of drug-likeness (QED) is 0.137. The smallest absolute Gasteiger partial charge is 0.274 e. The minimum absolute atomic E-state index is 0.0450. The van der Waals surface area contributed by atoms with Crippen LogP contribution in [0.3, 0.4) is 0 Å². The van der Waals surface area contributed by atoms with Gasteiger partial charge in [0.1, 0.15) is 27.2 Å². The van der Waals surface area contributed by atoms with E-state index in [4.69, 9.17) is 19.4 Å². The van der Waals surface area contributed by atoms with Crippen molar-refractivity contribution < 1.29 is 23.9 Å². The molecule has 9 nitrogen and oxygen atoms in total. The first-order chi connectivity index (χ1) is 27.4. The highest BCUT2D eigenvalue weighted by Crippen LogP contribution is 2.38. The number of thiazole rings is 2. The number of carbonyl (C=O) groups is 3. The van der Waals surface area contributed by atoms with Gasteiger partial charge in [0.15, 0.2) is 0 Å². The van der Waals surface area contributed by atoms with E-state index >= 15 is 0 Å². The van der Waals surface area contributed by atoms with Crippen LogP contribution < -0.4 is 0 Å². The van der Waals surface area contributed by atoms with Crippen LogP contribution in [-0.4, -0.2) is 76.9 Å². The molecule has 11 heteroatoms. The molecule has 2 aliphatic rings. The molecule has 4 heterocycles. The summed E-state index contributed by atoms with van der Waals surface area (Å²) in [4.78, 5) is 55.5. The fourth-order valence-corrected chi connectivity index (χ4v) is 9.38. The van der Waals surface area contributed by atoms with Gasteiger partial charge in [-0.25, -0.2) is 9.97 Å². The number of rotatable bonds is 10. The Hall–Kier alpha value is -5.33. The Kier molecular flexibility index (Phi) is 11.3. The van der Waals surface area contributed by atoms with Crippen molar-refractivity contribution >= 4 is 40.3 Å². The van der Waals surface area contributed by atoms with Crippen LogP contribution in [0.15, 0.2) is 120 Å². The summed E-state index contributed by atoms with van der Waals surface area (Å²) < 4.78 is 11.5. The summed E-state index contributed by atoms with van der Waals surface area (Å²) in [6, 6.07) is 35.1. The topological polar surface area (TPSA) is 102 Å². The first-order valence-electron chi connectivity index (χ1n) is 18.9. The van der Waals surface area contributed by atoms with Crippen LogP contribution in [0.25, 0.3) is 21.1 Å². The number of carbonyl (C=O) groups excluding carboxylic acids is 3. The third kappa shape index (κ3) is 7.60. The van der Waals surface area contributed by atoms with E-state index in [1.54, 1.807) is 0 Å². The number of ketones is 1. The maximum absolute atomic E-state index is 14.4. The average Bonchev–Trinajstić information content (AvgIpc) is 3.97. The summed E-state index contributed by atoms with van der Waals surface area (Å²) in [5.74, 6) is -1.16. The molecular weight excluding hydrogens is 741 g/mol. The van der Waals surface area contributed by atoms with E-state index in [9.17, 15) is 14.4 Å². The zero-order chi connectivity index (χ0) is 38.6. The minimum Gasteiger partial charge on any atom is -0.377 e. The number of aromatic nitrogens is 2. The van der Waals surface area contributed by atoms with Gasteiger partial charge >= 0.3 is 0 Å². The Morgan fingerprint density at radius 1 is 0.589 bits per heavy atom. The molecule has 0 radical (unpaired) electrons. The molecule has 4 unspecified atom stereocenters. The van der Waals surface area contributed by atoms with Gasteiger partial charge in [0.25, 0.3) is 11.8 Å². The summed E-state index contributed by atoms with van der Waals surface area (Å²) in [6.07, 6.45) is 0. The predicted octanol–water partition coefficient (Wildman–Crippen LogP) is 8.84. The molecule has 4 atom stereocenters. The number of benzene rings is 4. The van der Waals surface area contributed by atoms with Gasteiger partial charge in [-0.1, -0.05) is 123 Å². The van der Waals surface area contributed by atoms with Gasteiger partial charge in [0, 0.05) is 46.8 Å². The monoisotopic (exact) mass is 782 g/mol. The second-order valence-corrected chi connectivity index (χ2v) is 15.8. The van der Waals surface area contributed by atoms with E-state index in [-0.39, 0.29) is 29.7 Å². The SMILES string of the molecule is CC(C(=O)C(C)c1ccccc1-c1nc(C(=O)N2CCOCC2c2ccccc2)cs1)c1ccccc1-c1nc(C(=O)N2CCOCC2c2ccccc2)cs1. The maximum atomic E-state index is 14.4. The number of hydrogen-bond acceptors (Lipinski definition) is 9. The highest BCUT2D eigenvalue weighted by molar-refractivity contribution is 7.13. The molecule has 284 valence electrons. The van der Waals surface area contributed by atoms with Gasteiger partial charge in [-0.15, -0.1) is 22.7 Å². The van der Waals surface area contributed by atoms with Crippen molar-refractivity contribution in [1.29, 1.82) is 0 Å². The molecule has 2 amide bonds. The number of hydrogen-bond donors (Lipinski definition) is 0. The van der Waals surface area contributed by atoms with Gasteiger partial charge in [-0.05, 0) is 22.3 Å². The first-order valence-corrected chi connectivity index (χ1v) is 20.7. The Morgan fingerprint density at radius 3 is 1.41 bits per heavy atom. The fourth-order valence-electron chi connectivity index (χ4n) is 7.70. The second kappa shape index (κ2) is 16.8. The molecule has 56 heavy (non-hydrogen) atoms. The summed E-state index contributed by atoms with van der Waals surface area (Å²) >= 11 is 2.81. The number of amides is 2.